The number of halogens is 1. The fourth-order valence-electron chi connectivity index (χ4n) is 1.19. The Morgan fingerprint density at radius 3 is 2.41 bits per heavy atom. The molecule has 1 heterocycles. The van der Waals surface area contributed by atoms with Crippen molar-refractivity contribution in [2.24, 2.45) is 0 Å². The molecule has 0 atom stereocenters. The van der Waals surface area contributed by atoms with Gasteiger partial charge in [0.25, 0.3) is 10.0 Å². The molecule has 0 spiro atoms. The van der Waals surface area contributed by atoms with E-state index >= 15 is 0 Å². The van der Waals surface area contributed by atoms with E-state index < -0.39 is 10.0 Å². The highest BCUT2D eigenvalue weighted by Crippen LogP contribution is 2.24. The predicted octanol–water partition coefficient (Wildman–Crippen LogP) is 2.89. The molecule has 2 rings (SSSR count). The third kappa shape index (κ3) is 2.99. The first kappa shape index (κ1) is 12.4. The lowest BCUT2D eigenvalue weighted by molar-refractivity contribution is 0.603. The van der Waals surface area contributed by atoms with E-state index in [1.54, 1.807) is 29.6 Å². The van der Waals surface area contributed by atoms with Gasteiger partial charge in [-0.1, -0.05) is 15.9 Å². The maximum atomic E-state index is 11.9. The molecule has 2 aromatic rings. The molecule has 0 aliphatic carbocycles. The van der Waals surface area contributed by atoms with Gasteiger partial charge in [-0.05, 0) is 30.3 Å². The van der Waals surface area contributed by atoms with E-state index in [9.17, 15) is 8.42 Å². The number of benzene rings is 1. The first-order valence-electron chi connectivity index (χ1n) is 4.60. The van der Waals surface area contributed by atoms with E-state index in [1.807, 2.05) is 0 Å². The topological polar surface area (TPSA) is 72.2 Å². The second kappa shape index (κ2) is 4.67. The molecule has 0 radical (unpaired) electrons. The molecule has 90 valence electrons. The Morgan fingerprint density at radius 1 is 1.24 bits per heavy atom. The second-order valence-electron chi connectivity index (χ2n) is 3.31. The summed E-state index contributed by atoms with van der Waals surface area (Å²) in [4.78, 5) is 0. The molecule has 0 saturated carbocycles. The quantitative estimate of drug-likeness (QED) is 0.907. The number of nitrogens with one attached hydrogen (secondary N) is 1. The lowest BCUT2D eigenvalue weighted by Crippen LogP contribution is -2.11. The van der Waals surface area contributed by atoms with E-state index in [-0.39, 0.29) is 4.21 Å². The number of sulfonamides is 1. The van der Waals surface area contributed by atoms with Crippen LogP contribution in [0.5, 0.6) is 0 Å². The van der Waals surface area contributed by atoms with Crippen LogP contribution in [0.4, 0.5) is 11.4 Å². The van der Waals surface area contributed by atoms with Crippen LogP contribution < -0.4 is 10.5 Å². The van der Waals surface area contributed by atoms with Gasteiger partial charge in [0.15, 0.2) is 0 Å². The van der Waals surface area contributed by atoms with Gasteiger partial charge in [-0.25, -0.2) is 8.42 Å². The third-order valence-electron chi connectivity index (χ3n) is 1.96. The highest BCUT2D eigenvalue weighted by Gasteiger charge is 2.16. The zero-order chi connectivity index (χ0) is 12.5. The lowest BCUT2D eigenvalue weighted by atomic mass is 10.3. The summed E-state index contributed by atoms with van der Waals surface area (Å²) in [6, 6.07) is 8.32. The summed E-state index contributed by atoms with van der Waals surface area (Å²) in [7, 11) is -3.53. The average Bonchev–Trinajstić information content (AvgIpc) is 2.69. The summed E-state index contributed by atoms with van der Waals surface area (Å²) in [5, 5.41) is 1.59. The zero-order valence-corrected chi connectivity index (χ0v) is 11.8. The van der Waals surface area contributed by atoms with E-state index in [1.165, 1.54) is 6.07 Å². The monoisotopic (exact) mass is 332 g/mol. The molecule has 7 heteroatoms. The molecule has 1 aromatic carbocycles. The van der Waals surface area contributed by atoms with E-state index in [0.29, 0.717) is 11.4 Å². The minimum atomic E-state index is -3.53. The first-order valence-corrected chi connectivity index (χ1v) is 7.75. The Hall–Kier alpha value is -1.05. The van der Waals surface area contributed by atoms with E-state index in [2.05, 4.69) is 20.7 Å². The van der Waals surface area contributed by atoms with Crippen LogP contribution in [0.15, 0.2) is 44.4 Å². The van der Waals surface area contributed by atoms with Crippen molar-refractivity contribution < 1.29 is 8.42 Å². The molecule has 0 amide bonds. The number of nitrogens with two attached hydrogens (primary N) is 1. The number of thiophene rings is 1. The van der Waals surface area contributed by atoms with Gasteiger partial charge >= 0.3 is 0 Å². The molecule has 0 fully saturated rings. The Labute approximate surface area is 112 Å². The average molecular weight is 333 g/mol. The molecule has 0 aliphatic heterocycles. The molecule has 0 unspecified atom stereocenters. The summed E-state index contributed by atoms with van der Waals surface area (Å²) in [5.74, 6) is 0. The molecule has 0 bridgehead atoms. The summed E-state index contributed by atoms with van der Waals surface area (Å²) in [6.07, 6.45) is 0. The molecular formula is C10H9BrN2O2S2. The molecule has 3 N–H and O–H groups in total. The fourth-order valence-corrected chi connectivity index (χ4v) is 3.60. The van der Waals surface area contributed by atoms with Gasteiger partial charge in [0.2, 0.25) is 0 Å². The van der Waals surface area contributed by atoms with Gasteiger partial charge in [0.05, 0.1) is 0 Å². The Balaban J connectivity index is 2.26. The number of hydrogen-bond donors (Lipinski definition) is 2. The Kier molecular flexibility index (Phi) is 3.41. The zero-order valence-electron chi connectivity index (χ0n) is 8.55. The van der Waals surface area contributed by atoms with Crippen LogP contribution >= 0.6 is 27.3 Å². The largest absolute Gasteiger partial charge is 0.398 e. The maximum absolute atomic E-state index is 11.9. The summed E-state index contributed by atoms with van der Waals surface area (Å²) >= 11 is 4.38. The van der Waals surface area contributed by atoms with Gasteiger partial charge in [-0.3, -0.25) is 4.72 Å². The van der Waals surface area contributed by atoms with Crippen molar-refractivity contribution in [3.8, 4) is 0 Å². The van der Waals surface area contributed by atoms with Crippen LogP contribution in [0.25, 0.3) is 0 Å². The number of hydrogen-bond acceptors (Lipinski definition) is 4. The normalized spacial score (nSPS) is 11.4. The van der Waals surface area contributed by atoms with Crippen molar-refractivity contribution >= 4 is 48.7 Å². The number of anilines is 2. The molecule has 4 nitrogen and oxygen atoms in total. The molecule has 1 aromatic heterocycles. The van der Waals surface area contributed by atoms with Gasteiger partial charge in [0, 0.05) is 21.2 Å². The van der Waals surface area contributed by atoms with E-state index in [0.717, 1.165) is 15.8 Å². The summed E-state index contributed by atoms with van der Waals surface area (Å²) in [5.41, 5.74) is 6.46. The molecular weight excluding hydrogens is 324 g/mol. The third-order valence-corrected chi connectivity index (χ3v) is 5.32. The minimum Gasteiger partial charge on any atom is -0.398 e. The lowest BCUT2D eigenvalue weighted by Gasteiger charge is -2.05. The van der Waals surface area contributed by atoms with Crippen LogP contribution in [-0.2, 0) is 10.0 Å². The Bertz CT molecular complexity index is 620. The number of rotatable bonds is 3. The highest BCUT2D eigenvalue weighted by atomic mass is 79.9. The van der Waals surface area contributed by atoms with Gasteiger partial charge in [-0.2, -0.15) is 0 Å². The highest BCUT2D eigenvalue weighted by molar-refractivity contribution is 9.10. The fraction of sp³-hybridized carbons (Fsp3) is 0. The van der Waals surface area contributed by atoms with Crippen LogP contribution in [0.2, 0.25) is 0 Å². The van der Waals surface area contributed by atoms with Crippen LogP contribution in [0, 0.1) is 0 Å². The molecule has 17 heavy (non-hydrogen) atoms. The van der Waals surface area contributed by atoms with Crippen LogP contribution in [0.1, 0.15) is 0 Å². The standard InChI is InChI=1S/C10H9BrN2O2S2/c11-7-1-3-9(4-2-7)13-17(14,15)10-5-8(12)6-16-10/h1-6,13H,12H2. The van der Waals surface area contributed by atoms with Crippen molar-refractivity contribution in [1.29, 1.82) is 0 Å². The minimum absolute atomic E-state index is 0.206. The van der Waals surface area contributed by atoms with Crippen LogP contribution in [-0.4, -0.2) is 8.42 Å². The smallest absolute Gasteiger partial charge is 0.271 e. The van der Waals surface area contributed by atoms with Crippen molar-refractivity contribution in [2.75, 3.05) is 10.5 Å². The number of nitrogen functional groups attached to an aromatic ring is 1. The van der Waals surface area contributed by atoms with Gasteiger partial charge in [-0.15, -0.1) is 11.3 Å². The molecule has 0 saturated heterocycles. The van der Waals surface area contributed by atoms with E-state index in [4.69, 9.17) is 5.73 Å². The van der Waals surface area contributed by atoms with Crippen molar-refractivity contribution in [3.63, 3.8) is 0 Å². The molecule has 0 aliphatic rings. The predicted molar refractivity (Wildman–Crippen MR) is 73.7 cm³/mol. The van der Waals surface area contributed by atoms with Crippen LogP contribution in [0.3, 0.4) is 0 Å². The van der Waals surface area contributed by atoms with Gasteiger partial charge < -0.3 is 5.73 Å². The second-order valence-corrected chi connectivity index (χ2v) is 7.05. The SMILES string of the molecule is Nc1csc(S(=O)(=O)Nc2ccc(Br)cc2)c1. The summed E-state index contributed by atoms with van der Waals surface area (Å²) in [6.45, 7) is 0. The van der Waals surface area contributed by atoms with Gasteiger partial charge in [0.1, 0.15) is 4.21 Å². The van der Waals surface area contributed by atoms with Crippen molar-refractivity contribution in [1.82, 2.24) is 0 Å². The van der Waals surface area contributed by atoms with Crippen molar-refractivity contribution in [3.05, 3.63) is 40.2 Å². The Morgan fingerprint density at radius 2 is 1.88 bits per heavy atom. The van der Waals surface area contributed by atoms with Crippen molar-refractivity contribution in [2.45, 2.75) is 4.21 Å². The first-order chi connectivity index (χ1) is 7.97. The maximum Gasteiger partial charge on any atom is 0.271 e. The summed E-state index contributed by atoms with van der Waals surface area (Å²) < 4.78 is 27.4.